The quantitative estimate of drug-likeness (QED) is 0.472. The molecule has 2 aliphatic rings. The fraction of sp³-hybridized carbons (Fsp3) is 0.542. The Morgan fingerprint density at radius 2 is 1.97 bits per heavy atom. The van der Waals surface area contributed by atoms with Crippen LogP contribution in [-0.4, -0.2) is 44.8 Å². The monoisotopic (exact) mass is 469 g/mol. The van der Waals surface area contributed by atoms with E-state index in [9.17, 15) is 0 Å². The third-order valence-electron chi connectivity index (χ3n) is 7.04. The van der Waals surface area contributed by atoms with Crippen LogP contribution in [-0.2, 0) is 4.74 Å². The van der Waals surface area contributed by atoms with E-state index in [0.717, 1.165) is 81.1 Å². The lowest BCUT2D eigenvalue weighted by Gasteiger charge is -2.34. The van der Waals surface area contributed by atoms with Crippen LogP contribution in [0.15, 0.2) is 30.5 Å². The van der Waals surface area contributed by atoms with Crippen LogP contribution in [0.1, 0.15) is 51.5 Å². The number of ether oxygens (including phenoxy) is 1. The molecular weight excluding hydrogens is 438 g/mol. The molecule has 33 heavy (non-hydrogen) atoms. The molecule has 176 valence electrons. The van der Waals surface area contributed by atoms with Crippen molar-refractivity contribution in [2.45, 2.75) is 57.0 Å². The van der Waals surface area contributed by atoms with E-state index in [2.05, 4.69) is 27.1 Å². The Labute approximate surface area is 199 Å². The third kappa shape index (κ3) is 4.93. The first kappa shape index (κ1) is 22.4. The minimum absolute atomic E-state index is 0.0716. The van der Waals surface area contributed by atoms with Crippen LogP contribution < -0.4 is 16.4 Å². The summed E-state index contributed by atoms with van der Waals surface area (Å²) < 4.78 is 7.79. The van der Waals surface area contributed by atoms with Crippen molar-refractivity contribution in [3.8, 4) is 0 Å². The van der Waals surface area contributed by atoms with Gasteiger partial charge in [-0.05, 0) is 76.1 Å². The zero-order valence-electron chi connectivity index (χ0n) is 19.1. The topological polar surface area (TPSA) is 103 Å². The van der Waals surface area contributed by atoms with Crippen molar-refractivity contribution in [1.82, 2.24) is 19.5 Å². The van der Waals surface area contributed by atoms with Gasteiger partial charge in [0.15, 0.2) is 5.65 Å². The predicted octanol–water partition coefficient (Wildman–Crippen LogP) is 4.89. The summed E-state index contributed by atoms with van der Waals surface area (Å²) in [6, 6.07) is 8.00. The second-order valence-corrected chi connectivity index (χ2v) is 9.99. The number of anilines is 3. The average Bonchev–Trinajstić information content (AvgIpc) is 3.16. The van der Waals surface area contributed by atoms with Gasteiger partial charge in [-0.3, -0.25) is 4.57 Å². The predicted molar refractivity (Wildman–Crippen MR) is 132 cm³/mol. The highest BCUT2D eigenvalue weighted by molar-refractivity contribution is 6.30. The van der Waals surface area contributed by atoms with Crippen molar-refractivity contribution in [2.24, 2.45) is 11.7 Å². The van der Waals surface area contributed by atoms with Gasteiger partial charge in [0.25, 0.3) is 0 Å². The first-order chi connectivity index (χ1) is 16.0. The Morgan fingerprint density at radius 1 is 1.18 bits per heavy atom. The molecule has 5 rings (SSSR count). The molecule has 1 aliphatic carbocycles. The molecule has 3 aromatic rings. The summed E-state index contributed by atoms with van der Waals surface area (Å²) in [5.74, 6) is 2.01. The van der Waals surface area contributed by atoms with Crippen molar-refractivity contribution in [1.29, 1.82) is 0 Å². The Bertz CT molecular complexity index is 1100. The summed E-state index contributed by atoms with van der Waals surface area (Å²) in [5, 5.41) is 7.72. The van der Waals surface area contributed by atoms with Gasteiger partial charge in [-0.15, -0.1) is 0 Å². The number of rotatable bonds is 6. The molecule has 3 heterocycles. The molecule has 0 radical (unpaired) electrons. The Hall–Kier alpha value is -2.42. The maximum absolute atomic E-state index is 6.22. The molecule has 8 nitrogen and oxygen atoms in total. The van der Waals surface area contributed by atoms with Gasteiger partial charge < -0.3 is 21.1 Å². The molecule has 0 atom stereocenters. The van der Waals surface area contributed by atoms with Gasteiger partial charge >= 0.3 is 0 Å². The maximum Gasteiger partial charge on any atom is 0.225 e. The molecule has 4 N–H and O–H groups in total. The van der Waals surface area contributed by atoms with Crippen molar-refractivity contribution in [2.75, 3.05) is 30.4 Å². The van der Waals surface area contributed by atoms with Crippen LogP contribution in [0.4, 0.5) is 17.6 Å². The van der Waals surface area contributed by atoms with E-state index in [1.807, 2.05) is 30.5 Å². The minimum Gasteiger partial charge on any atom is -0.381 e. The van der Waals surface area contributed by atoms with Crippen molar-refractivity contribution >= 4 is 40.3 Å². The van der Waals surface area contributed by atoms with Gasteiger partial charge in [0, 0.05) is 35.5 Å². The lowest BCUT2D eigenvalue weighted by molar-refractivity contribution is 0.0656. The number of hydrogen-bond acceptors (Lipinski definition) is 7. The number of nitrogens with two attached hydrogens (primary N) is 1. The Balaban J connectivity index is 1.51. The molecule has 0 amide bonds. The van der Waals surface area contributed by atoms with Gasteiger partial charge in [-0.25, -0.2) is 9.97 Å². The Morgan fingerprint density at radius 3 is 2.70 bits per heavy atom. The van der Waals surface area contributed by atoms with Crippen LogP contribution in [0, 0.1) is 5.92 Å². The zero-order chi connectivity index (χ0) is 22.8. The van der Waals surface area contributed by atoms with Crippen LogP contribution in [0.5, 0.6) is 0 Å². The van der Waals surface area contributed by atoms with Gasteiger partial charge in [-0.2, -0.15) is 4.98 Å². The van der Waals surface area contributed by atoms with Gasteiger partial charge in [-0.1, -0.05) is 17.7 Å². The molecule has 0 bridgehead atoms. The highest BCUT2D eigenvalue weighted by Crippen LogP contribution is 2.37. The van der Waals surface area contributed by atoms with Crippen molar-refractivity contribution < 1.29 is 4.74 Å². The molecular formula is C24H32ClN7O. The third-order valence-corrected chi connectivity index (χ3v) is 7.27. The first-order valence-electron chi connectivity index (χ1n) is 11.9. The fourth-order valence-corrected chi connectivity index (χ4v) is 5.13. The maximum atomic E-state index is 6.22. The molecule has 2 aromatic heterocycles. The summed E-state index contributed by atoms with van der Waals surface area (Å²) in [6.45, 7) is 4.47. The van der Waals surface area contributed by atoms with Crippen LogP contribution >= 0.6 is 11.6 Å². The van der Waals surface area contributed by atoms with E-state index in [1.54, 1.807) is 0 Å². The largest absolute Gasteiger partial charge is 0.381 e. The molecule has 9 heteroatoms. The highest BCUT2D eigenvalue weighted by atomic mass is 35.5. The molecule has 1 saturated heterocycles. The fourth-order valence-electron chi connectivity index (χ4n) is 4.94. The number of nitrogens with one attached hydrogen (secondary N) is 2. The van der Waals surface area contributed by atoms with E-state index in [0.29, 0.717) is 22.9 Å². The molecule has 1 aromatic carbocycles. The molecule has 0 spiro atoms. The lowest BCUT2D eigenvalue weighted by atomic mass is 9.86. The lowest BCUT2D eigenvalue weighted by Crippen LogP contribution is -2.41. The molecule has 1 saturated carbocycles. The first-order valence-corrected chi connectivity index (χ1v) is 12.2. The molecule has 0 unspecified atom stereocenters. The van der Waals surface area contributed by atoms with E-state index in [1.165, 1.54) is 0 Å². The number of halogens is 1. The van der Waals surface area contributed by atoms with E-state index < -0.39 is 0 Å². The van der Waals surface area contributed by atoms with Gasteiger partial charge in [0.05, 0.1) is 6.20 Å². The van der Waals surface area contributed by atoms with Gasteiger partial charge in [0.1, 0.15) is 5.52 Å². The second kappa shape index (κ2) is 9.44. The average molecular weight is 470 g/mol. The molecule has 1 aliphatic heterocycles. The molecule has 2 fully saturated rings. The summed E-state index contributed by atoms with van der Waals surface area (Å²) in [4.78, 5) is 14.4. The van der Waals surface area contributed by atoms with E-state index >= 15 is 0 Å². The summed E-state index contributed by atoms with van der Waals surface area (Å²) in [7, 11) is 0. The van der Waals surface area contributed by atoms with Gasteiger partial charge in [0.2, 0.25) is 11.9 Å². The minimum atomic E-state index is -0.0716. The van der Waals surface area contributed by atoms with Crippen LogP contribution in [0.25, 0.3) is 11.2 Å². The van der Waals surface area contributed by atoms with Crippen molar-refractivity contribution in [3.63, 3.8) is 0 Å². The SMILES string of the molecule is CC1(Nc2ncc3nc(Nc4cccc(Cl)c4)n([C@H]4CC[C@@H](CN)CC4)c3n2)CCOCC1. The van der Waals surface area contributed by atoms with E-state index in [4.69, 9.17) is 32.0 Å². The highest BCUT2D eigenvalue weighted by Gasteiger charge is 2.30. The zero-order valence-corrected chi connectivity index (χ0v) is 19.8. The van der Waals surface area contributed by atoms with Crippen LogP contribution in [0.2, 0.25) is 5.02 Å². The second-order valence-electron chi connectivity index (χ2n) is 9.55. The standard InChI is InChI=1S/C24H32ClN7O/c1-24(9-11-33-12-10-24)31-22-27-15-20-21(30-22)32(19-7-5-16(14-26)6-8-19)23(29-20)28-18-4-2-3-17(25)13-18/h2-4,13,15-16,19H,5-12,14,26H2,1H3,(H,28,29)(H,27,30,31)/t16-,19+. The number of aromatic nitrogens is 4. The number of hydrogen-bond donors (Lipinski definition) is 3. The number of benzene rings is 1. The summed E-state index contributed by atoms with van der Waals surface area (Å²) in [6.07, 6.45) is 8.02. The number of nitrogens with zero attached hydrogens (tertiary/aromatic N) is 4. The van der Waals surface area contributed by atoms with Crippen molar-refractivity contribution in [3.05, 3.63) is 35.5 Å². The summed E-state index contributed by atoms with van der Waals surface area (Å²) in [5.41, 5.74) is 8.40. The number of imidazole rings is 1. The van der Waals surface area contributed by atoms with E-state index in [-0.39, 0.29) is 5.54 Å². The van der Waals surface area contributed by atoms with Crippen LogP contribution in [0.3, 0.4) is 0 Å². The number of fused-ring (bicyclic) bond motifs is 1. The normalized spacial score (nSPS) is 22.9. The smallest absolute Gasteiger partial charge is 0.225 e. The Kier molecular flexibility index (Phi) is 6.40. The summed E-state index contributed by atoms with van der Waals surface area (Å²) >= 11 is 6.22.